The highest BCUT2D eigenvalue weighted by Crippen LogP contribution is 2.38. The molecule has 0 amide bonds. The lowest BCUT2D eigenvalue weighted by Gasteiger charge is -2.20. The van der Waals surface area contributed by atoms with E-state index in [4.69, 9.17) is 0 Å². The third kappa shape index (κ3) is 5.39. The highest BCUT2D eigenvalue weighted by atomic mass is 32.2. The highest BCUT2D eigenvalue weighted by Gasteiger charge is 2.33. The smallest absolute Gasteiger partial charge is 0.347 e. The number of rotatable bonds is 6. The fourth-order valence-electron chi connectivity index (χ4n) is 3.54. The number of hydrogen-bond acceptors (Lipinski definition) is 3. The first kappa shape index (κ1) is 22.7. The molecule has 1 N–H and O–H groups in total. The average Bonchev–Trinajstić information content (AvgIpc) is 2.96. The van der Waals surface area contributed by atoms with Crippen LogP contribution in [0.1, 0.15) is 31.9 Å². The van der Waals surface area contributed by atoms with Gasteiger partial charge >= 0.3 is 6.18 Å². The summed E-state index contributed by atoms with van der Waals surface area (Å²) in [6, 6.07) is 11.4. The van der Waals surface area contributed by atoms with E-state index in [0.717, 1.165) is 29.1 Å². The van der Waals surface area contributed by atoms with Gasteiger partial charge in [-0.15, -0.1) is 0 Å². The molecule has 0 atom stereocenters. The van der Waals surface area contributed by atoms with Crippen LogP contribution in [-0.4, -0.2) is 23.0 Å². The van der Waals surface area contributed by atoms with E-state index in [1.165, 1.54) is 24.3 Å². The summed E-state index contributed by atoms with van der Waals surface area (Å²) >= 11 is 1.51. The Balaban J connectivity index is 2.09. The van der Waals surface area contributed by atoms with Gasteiger partial charge in [0.15, 0.2) is 0 Å². The third-order valence-corrected chi connectivity index (χ3v) is 5.30. The Morgan fingerprint density at radius 3 is 2.37 bits per heavy atom. The van der Waals surface area contributed by atoms with E-state index in [-0.39, 0.29) is 11.0 Å². The van der Waals surface area contributed by atoms with Gasteiger partial charge in [0.25, 0.3) is 0 Å². The van der Waals surface area contributed by atoms with Crippen LogP contribution in [0.3, 0.4) is 0 Å². The van der Waals surface area contributed by atoms with Crippen LogP contribution in [0.5, 0.6) is 0 Å². The molecule has 0 unspecified atom stereocenters. The largest absolute Gasteiger partial charge is 0.417 e. The van der Waals surface area contributed by atoms with Gasteiger partial charge in [-0.3, -0.25) is 0 Å². The van der Waals surface area contributed by atoms with Crippen LogP contribution in [0.4, 0.5) is 13.2 Å². The monoisotopic (exact) mass is 435 g/mol. The minimum absolute atomic E-state index is 0.0366. The maximum Gasteiger partial charge on any atom is 0.417 e. The molecule has 162 valence electrons. The summed E-state index contributed by atoms with van der Waals surface area (Å²) in [6.45, 7) is 7.90. The number of aromatic nitrogens is 1. The van der Waals surface area contributed by atoms with Gasteiger partial charge in [0.05, 0.1) is 5.56 Å². The van der Waals surface area contributed by atoms with E-state index in [0.29, 0.717) is 12.1 Å². The number of benzene rings is 2. The summed E-state index contributed by atoms with van der Waals surface area (Å²) in [5, 5.41) is 1.05. The van der Waals surface area contributed by atoms with Gasteiger partial charge in [-0.25, -0.2) is 9.03 Å². The summed E-state index contributed by atoms with van der Waals surface area (Å²) in [4.78, 5) is 0. The van der Waals surface area contributed by atoms with Crippen molar-refractivity contribution in [2.24, 2.45) is 5.41 Å². The Morgan fingerprint density at radius 2 is 1.73 bits per heavy atom. The molecule has 0 aliphatic carbocycles. The van der Waals surface area contributed by atoms with Crippen LogP contribution >= 0.6 is 12.1 Å². The molecule has 1 aromatic heterocycles. The predicted molar refractivity (Wildman–Crippen MR) is 120 cm³/mol. The summed E-state index contributed by atoms with van der Waals surface area (Å²) in [6.07, 6.45) is -2.28. The number of halogens is 3. The molecule has 7 heteroatoms. The Morgan fingerprint density at radius 1 is 1.03 bits per heavy atom. The molecule has 2 aromatic carbocycles. The molecule has 0 spiro atoms. The highest BCUT2D eigenvalue weighted by molar-refractivity contribution is 7.95. The van der Waals surface area contributed by atoms with E-state index < -0.39 is 11.7 Å². The predicted octanol–water partition coefficient (Wildman–Crippen LogP) is 6.59. The van der Waals surface area contributed by atoms with E-state index in [2.05, 4.69) is 36.3 Å². The molecule has 0 radical (unpaired) electrons. The van der Waals surface area contributed by atoms with Gasteiger partial charge in [0, 0.05) is 42.3 Å². The SMILES string of the molecule is CN(C)SNCc1cn(CC(C)(C)C)c2cc(-c3ccccc3C(F)(F)F)ccc12. The molecule has 3 aromatic rings. The van der Waals surface area contributed by atoms with Crippen molar-refractivity contribution in [1.82, 2.24) is 13.6 Å². The normalized spacial score (nSPS) is 12.8. The molecular formula is C23H28F3N3S. The zero-order valence-electron chi connectivity index (χ0n) is 18.0. The van der Waals surface area contributed by atoms with Crippen molar-refractivity contribution in [2.75, 3.05) is 14.1 Å². The fraction of sp³-hybridized carbons (Fsp3) is 0.391. The van der Waals surface area contributed by atoms with Crippen molar-refractivity contribution < 1.29 is 13.2 Å². The minimum Gasteiger partial charge on any atom is -0.347 e. The molecule has 0 aliphatic heterocycles. The summed E-state index contributed by atoms with van der Waals surface area (Å²) in [7, 11) is 3.93. The lowest BCUT2D eigenvalue weighted by atomic mass is 9.96. The van der Waals surface area contributed by atoms with Crippen molar-refractivity contribution in [3.05, 3.63) is 59.8 Å². The number of nitrogens with one attached hydrogen (secondary N) is 1. The fourth-order valence-corrected chi connectivity index (χ4v) is 4.02. The van der Waals surface area contributed by atoms with Crippen LogP contribution in [0, 0.1) is 5.41 Å². The first-order chi connectivity index (χ1) is 14.0. The quantitative estimate of drug-likeness (QED) is 0.441. The molecule has 1 heterocycles. The first-order valence-electron chi connectivity index (χ1n) is 9.81. The standard InChI is InChI=1S/C23H28F3N3S/c1-22(2,3)15-29-14-17(13-27-30-28(4)5)19-11-10-16(12-21(19)29)18-8-6-7-9-20(18)23(24,25)26/h6-12,14,27H,13,15H2,1-5H3. The molecule has 30 heavy (non-hydrogen) atoms. The second-order valence-electron chi connectivity index (χ2n) is 8.84. The lowest BCUT2D eigenvalue weighted by Crippen LogP contribution is -2.15. The number of hydrogen-bond donors (Lipinski definition) is 1. The molecule has 0 fully saturated rings. The van der Waals surface area contributed by atoms with Gasteiger partial charge in [-0.1, -0.05) is 51.1 Å². The molecule has 0 aliphatic rings. The molecule has 0 bridgehead atoms. The number of nitrogens with zero attached hydrogens (tertiary/aromatic N) is 2. The van der Waals surface area contributed by atoms with Crippen LogP contribution in [0.15, 0.2) is 48.7 Å². The zero-order valence-corrected chi connectivity index (χ0v) is 18.8. The van der Waals surface area contributed by atoms with Crippen molar-refractivity contribution in [1.29, 1.82) is 0 Å². The van der Waals surface area contributed by atoms with E-state index in [9.17, 15) is 13.2 Å². The average molecular weight is 436 g/mol. The second kappa shape index (κ2) is 8.65. The first-order valence-corrected chi connectivity index (χ1v) is 10.6. The maximum atomic E-state index is 13.5. The van der Waals surface area contributed by atoms with Crippen molar-refractivity contribution in [2.45, 2.75) is 40.0 Å². The maximum absolute atomic E-state index is 13.5. The second-order valence-corrected chi connectivity index (χ2v) is 10.0. The Labute approximate surface area is 180 Å². The molecule has 0 saturated heterocycles. The van der Waals surface area contributed by atoms with Gasteiger partial charge in [0.1, 0.15) is 0 Å². The summed E-state index contributed by atoms with van der Waals surface area (Å²) < 4.78 is 48.1. The number of alkyl halides is 3. The minimum atomic E-state index is -4.39. The lowest BCUT2D eigenvalue weighted by molar-refractivity contribution is -0.137. The van der Waals surface area contributed by atoms with Crippen molar-refractivity contribution in [3.8, 4) is 11.1 Å². The van der Waals surface area contributed by atoms with Crippen LogP contribution in [0.25, 0.3) is 22.0 Å². The molecular weight excluding hydrogens is 407 g/mol. The van der Waals surface area contributed by atoms with E-state index in [1.54, 1.807) is 12.1 Å². The van der Waals surface area contributed by atoms with Gasteiger partial charge < -0.3 is 4.57 Å². The molecule has 3 rings (SSSR count). The summed E-state index contributed by atoms with van der Waals surface area (Å²) in [5.41, 5.74) is 2.28. The van der Waals surface area contributed by atoms with Crippen LogP contribution in [-0.2, 0) is 19.3 Å². The third-order valence-electron chi connectivity index (χ3n) is 4.66. The number of fused-ring (bicyclic) bond motifs is 1. The van der Waals surface area contributed by atoms with Crippen molar-refractivity contribution in [3.63, 3.8) is 0 Å². The van der Waals surface area contributed by atoms with Gasteiger partial charge in [-0.05, 0) is 48.3 Å². The van der Waals surface area contributed by atoms with Gasteiger partial charge in [0.2, 0.25) is 0 Å². The Hall–Kier alpha value is -1.96. The Bertz CT molecular complexity index is 1020. The summed E-state index contributed by atoms with van der Waals surface area (Å²) in [5.74, 6) is 0. The van der Waals surface area contributed by atoms with Crippen LogP contribution < -0.4 is 4.72 Å². The van der Waals surface area contributed by atoms with E-state index in [1.807, 2.05) is 30.5 Å². The molecule has 3 nitrogen and oxygen atoms in total. The van der Waals surface area contributed by atoms with E-state index >= 15 is 0 Å². The van der Waals surface area contributed by atoms with Gasteiger partial charge in [-0.2, -0.15) is 13.2 Å². The zero-order chi connectivity index (χ0) is 22.1. The van der Waals surface area contributed by atoms with Crippen LogP contribution in [0.2, 0.25) is 0 Å². The van der Waals surface area contributed by atoms with Crippen molar-refractivity contribution >= 4 is 23.0 Å². The molecule has 0 saturated carbocycles. The topological polar surface area (TPSA) is 20.2 Å². The Kier molecular flexibility index (Phi) is 6.55.